The zero-order valence-corrected chi connectivity index (χ0v) is 15.0. The molecule has 6 heteroatoms. The Labute approximate surface area is 152 Å². The SMILES string of the molecule is CO[C@@H]1COCC[C@H]1NC(=O)CCc1ccc(-c2ccc(Cl)cc2)[nH]1. The van der Waals surface area contributed by atoms with E-state index in [9.17, 15) is 4.79 Å². The van der Waals surface area contributed by atoms with Gasteiger partial charge in [-0.25, -0.2) is 0 Å². The number of aryl methyl sites for hydroxylation is 1. The van der Waals surface area contributed by atoms with Gasteiger partial charge in [-0.3, -0.25) is 4.79 Å². The number of hydrogen-bond acceptors (Lipinski definition) is 3. The molecule has 3 rings (SSSR count). The van der Waals surface area contributed by atoms with Gasteiger partial charge in [-0.05, 0) is 42.7 Å². The minimum Gasteiger partial charge on any atom is -0.379 e. The third-order valence-corrected chi connectivity index (χ3v) is 4.73. The number of H-pyrrole nitrogens is 1. The summed E-state index contributed by atoms with van der Waals surface area (Å²) in [6.07, 6.45) is 1.82. The average Bonchev–Trinajstić information content (AvgIpc) is 3.10. The summed E-state index contributed by atoms with van der Waals surface area (Å²) < 4.78 is 10.7. The van der Waals surface area contributed by atoms with Gasteiger partial charge < -0.3 is 19.8 Å². The largest absolute Gasteiger partial charge is 0.379 e. The fourth-order valence-electron chi connectivity index (χ4n) is 3.02. The van der Waals surface area contributed by atoms with E-state index < -0.39 is 0 Å². The summed E-state index contributed by atoms with van der Waals surface area (Å²) in [5.74, 6) is 0.0385. The van der Waals surface area contributed by atoms with Crippen LogP contribution in [0.1, 0.15) is 18.5 Å². The van der Waals surface area contributed by atoms with Crippen molar-refractivity contribution in [3.05, 3.63) is 47.1 Å². The van der Waals surface area contributed by atoms with E-state index in [1.807, 2.05) is 36.4 Å². The maximum absolute atomic E-state index is 12.2. The first-order valence-corrected chi connectivity index (χ1v) is 8.87. The Morgan fingerprint density at radius 1 is 1.32 bits per heavy atom. The van der Waals surface area contributed by atoms with Crippen molar-refractivity contribution in [2.45, 2.75) is 31.4 Å². The highest BCUT2D eigenvalue weighted by molar-refractivity contribution is 6.30. The number of hydrogen-bond donors (Lipinski definition) is 2. The molecular formula is C19H23ClN2O3. The van der Waals surface area contributed by atoms with E-state index >= 15 is 0 Å². The zero-order chi connectivity index (χ0) is 17.6. The quantitative estimate of drug-likeness (QED) is 0.829. The molecule has 1 aliphatic heterocycles. The van der Waals surface area contributed by atoms with Gasteiger partial charge in [0.1, 0.15) is 6.10 Å². The number of halogens is 1. The van der Waals surface area contributed by atoms with Crippen molar-refractivity contribution in [3.63, 3.8) is 0 Å². The molecule has 0 unspecified atom stereocenters. The van der Waals surface area contributed by atoms with Crippen molar-refractivity contribution in [3.8, 4) is 11.3 Å². The van der Waals surface area contributed by atoms with Crippen molar-refractivity contribution in [2.75, 3.05) is 20.3 Å². The molecule has 1 fully saturated rings. The van der Waals surface area contributed by atoms with Crippen LogP contribution in [-0.4, -0.2) is 43.4 Å². The third-order valence-electron chi connectivity index (χ3n) is 4.48. The van der Waals surface area contributed by atoms with Crippen LogP contribution in [0.5, 0.6) is 0 Å². The molecule has 1 saturated heterocycles. The van der Waals surface area contributed by atoms with E-state index in [1.54, 1.807) is 7.11 Å². The Hall–Kier alpha value is -1.82. The number of aromatic amines is 1. The summed E-state index contributed by atoms with van der Waals surface area (Å²) in [5.41, 5.74) is 3.14. The number of ether oxygens (including phenoxy) is 2. The molecule has 0 spiro atoms. The van der Waals surface area contributed by atoms with Gasteiger partial charge in [0.15, 0.2) is 0 Å². The summed E-state index contributed by atoms with van der Waals surface area (Å²) in [6.45, 7) is 1.19. The number of carbonyl (C=O) groups is 1. The van der Waals surface area contributed by atoms with E-state index in [-0.39, 0.29) is 18.1 Å². The van der Waals surface area contributed by atoms with Gasteiger partial charge in [-0.1, -0.05) is 23.7 Å². The Kier molecular flexibility index (Phi) is 6.13. The minimum atomic E-state index is -0.0697. The third kappa shape index (κ3) is 4.84. The second-order valence-corrected chi connectivity index (χ2v) is 6.65. The first-order valence-electron chi connectivity index (χ1n) is 8.49. The lowest BCUT2D eigenvalue weighted by molar-refractivity contribution is -0.125. The number of aromatic nitrogens is 1. The van der Waals surface area contributed by atoms with Gasteiger partial charge in [0.2, 0.25) is 5.91 Å². The van der Waals surface area contributed by atoms with Crippen molar-refractivity contribution in [2.24, 2.45) is 0 Å². The predicted molar refractivity (Wildman–Crippen MR) is 97.7 cm³/mol. The Balaban J connectivity index is 1.51. The minimum absolute atomic E-state index is 0.0273. The molecule has 0 saturated carbocycles. The molecule has 0 aliphatic carbocycles. The zero-order valence-electron chi connectivity index (χ0n) is 14.3. The maximum Gasteiger partial charge on any atom is 0.220 e. The van der Waals surface area contributed by atoms with Gasteiger partial charge in [-0.2, -0.15) is 0 Å². The Morgan fingerprint density at radius 2 is 2.12 bits per heavy atom. The predicted octanol–water partition coefficient (Wildman–Crippen LogP) is 3.19. The molecule has 2 N–H and O–H groups in total. The molecule has 134 valence electrons. The molecule has 0 bridgehead atoms. The molecule has 2 atom stereocenters. The smallest absolute Gasteiger partial charge is 0.220 e. The number of nitrogens with one attached hydrogen (secondary N) is 2. The Bertz CT molecular complexity index is 699. The van der Waals surface area contributed by atoms with Crippen LogP contribution in [0, 0.1) is 0 Å². The van der Waals surface area contributed by atoms with Crippen molar-refractivity contribution >= 4 is 17.5 Å². The normalized spacial score (nSPS) is 20.4. The van der Waals surface area contributed by atoms with Crippen molar-refractivity contribution in [1.29, 1.82) is 0 Å². The molecule has 2 heterocycles. The van der Waals surface area contributed by atoms with Crippen LogP contribution in [0.2, 0.25) is 5.02 Å². The average molecular weight is 363 g/mol. The van der Waals surface area contributed by atoms with Crippen LogP contribution in [0.15, 0.2) is 36.4 Å². The number of carbonyl (C=O) groups excluding carboxylic acids is 1. The van der Waals surface area contributed by atoms with E-state index in [2.05, 4.69) is 10.3 Å². The van der Waals surface area contributed by atoms with Gasteiger partial charge in [-0.15, -0.1) is 0 Å². The monoisotopic (exact) mass is 362 g/mol. The summed E-state index contributed by atoms with van der Waals surface area (Å²) in [7, 11) is 1.65. The van der Waals surface area contributed by atoms with Crippen LogP contribution in [-0.2, 0) is 20.7 Å². The molecule has 1 amide bonds. The van der Waals surface area contributed by atoms with Crippen LogP contribution in [0.3, 0.4) is 0 Å². The van der Waals surface area contributed by atoms with Crippen LogP contribution in [0.4, 0.5) is 0 Å². The molecule has 2 aromatic rings. The number of methoxy groups -OCH3 is 1. The van der Waals surface area contributed by atoms with Gasteiger partial charge >= 0.3 is 0 Å². The lowest BCUT2D eigenvalue weighted by Gasteiger charge is -2.31. The molecule has 5 nitrogen and oxygen atoms in total. The highest BCUT2D eigenvalue weighted by Crippen LogP contribution is 2.21. The van der Waals surface area contributed by atoms with Gasteiger partial charge in [0.25, 0.3) is 0 Å². The molecule has 1 aliphatic rings. The molecule has 0 radical (unpaired) electrons. The highest BCUT2D eigenvalue weighted by atomic mass is 35.5. The van der Waals surface area contributed by atoms with Crippen LogP contribution in [0.25, 0.3) is 11.3 Å². The van der Waals surface area contributed by atoms with E-state index in [0.717, 1.165) is 28.4 Å². The molecular weight excluding hydrogens is 340 g/mol. The summed E-state index contributed by atoms with van der Waals surface area (Å²) in [5, 5.41) is 3.78. The molecule has 1 aromatic heterocycles. The summed E-state index contributed by atoms with van der Waals surface area (Å²) >= 11 is 5.92. The topological polar surface area (TPSA) is 63.4 Å². The van der Waals surface area contributed by atoms with Crippen molar-refractivity contribution < 1.29 is 14.3 Å². The summed E-state index contributed by atoms with van der Waals surface area (Å²) in [6, 6.07) is 11.7. The first-order chi connectivity index (χ1) is 12.2. The second kappa shape index (κ2) is 8.52. The molecule has 25 heavy (non-hydrogen) atoms. The van der Waals surface area contributed by atoms with Crippen LogP contribution < -0.4 is 5.32 Å². The highest BCUT2D eigenvalue weighted by Gasteiger charge is 2.26. The summed E-state index contributed by atoms with van der Waals surface area (Å²) in [4.78, 5) is 15.6. The van der Waals surface area contributed by atoms with E-state index in [1.165, 1.54) is 0 Å². The number of benzene rings is 1. The van der Waals surface area contributed by atoms with Crippen molar-refractivity contribution in [1.82, 2.24) is 10.3 Å². The maximum atomic E-state index is 12.2. The van der Waals surface area contributed by atoms with E-state index in [4.69, 9.17) is 21.1 Å². The van der Waals surface area contributed by atoms with Gasteiger partial charge in [0, 0.05) is 36.5 Å². The lowest BCUT2D eigenvalue weighted by Crippen LogP contribution is -2.49. The number of rotatable bonds is 6. The lowest BCUT2D eigenvalue weighted by atomic mass is 10.1. The van der Waals surface area contributed by atoms with Crippen LogP contribution >= 0.6 is 11.6 Å². The molecule has 1 aromatic carbocycles. The second-order valence-electron chi connectivity index (χ2n) is 6.22. The fraction of sp³-hybridized carbons (Fsp3) is 0.421. The fourth-order valence-corrected chi connectivity index (χ4v) is 3.15. The number of amides is 1. The van der Waals surface area contributed by atoms with E-state index in [0.29, 0.717) is 26.1 Å². The van der Waals surface area contributed by atoms with Gasteiger partial charge in [0.05, 0.1) is 12.6 Å². The Morgan fingerprint density at radius 3 is 2.88 bits per heavy atom. The standard InChI is InChI=1S/C19H23ClN2O3/c1-24-18-12-25-11-10-17(18)22-19(23)9-7-15-6-8-16(21-15)13-2-4-14(20)5-3-13/h2-6,8,17-18,21H,7,9-12H2,1H3,(H,22,23)/t17-,18-/m1/s1. The first kappa shape index (κ1) is 18.0.